The first-order valence-electron chi connectivity index (χ1n) is 8.33. The third-order valence-electron chi connectivity index (χ3n) is 4.32. The minimum absolute atomic E-state index is 0.123. The highest BCUT2D eigenvalue weighted by molar-refractivity contribution is 6.03. The first-order valence-corrected chi connectivity index (χ1v) is 8.33. The van der Waals surface area contributed by atoms with Crippen molar-refractivity contribution >= 4 is 11.6 Å². The number of rotatable bonds is 5. The fourth-order valence-electron chi connectivity index (χ4n) is 2.83. The number of nitrogens with one attached hydrogen (secondary N) is 1. The fourth-order valence-corrected chi connectivity index (χ4v) is 2.83. The van der Waals surface area contributed by atoms with E-state index in [0.29, 0.717) is 0 Å². The zero-order valence-corrected chi connectivity index (χ0v) is 14.1. The van der Waals surface area contributed by atoms with Crippen molar-refractivity contribution < 1.29 is 13.9 Å². The lowest BCUT2D eigenvalue weighted by molar-refractivity contribution is 0.102. The van der Waals surface area contributed by atoms with Crippen LogP contribution in [0.25, 0.3) is 5.69 Å². The lowest BCUT2D eigenvalue weighted by Gasteiger charge is -2.09. The maximum absolute atomic E-state index is 13.8. The van der Waals surface area contributed by atoms with Crippen molar-refractivity contribution in [3.63, 3.8) is 0 Å². The SMILES string of the molecule is COc1ccc(-n2nnc(C(=O)Nc3ccccc3F)c2C2CC2)cc1. The van der Waals surface area contributed by atoms with E-state index in [-0.39, 0.29) is 17.3 Å². The van der Waals surface area contributed by atoms with Gasteiger partial charge < -0.3 is 10.1 Å². The molecule has 1 saturated carbocycles. The highest BCUT2D eigenvalue weighted by Gasteiger charge is 2.34. The molecule has 26 heavy (non-hydrogen) atoms. The highest BCUT2D eigenvalue weighted by atomic mass is 19.1. The molecule has 7 heteroatoms. The van der Waals surface area contributed by atoms with E-state index in [0.717, 1.165) is 30.0 Å². The Morgan fingerprint density at radius 1 is 1.19 bits per heavy atom. The van der Waals surface area contributed by atoms with Crippen molar-refractivity contribution in [2.24, 2.45) is 0 Å². The molecule has 0 atom stereocenters. The number of halogens is 1. The third kappa shape index (κ3) is 3.03. The number of nitrogens with zero attached hydrogens (tertiary/aromatic N) is 3. The summed E-state index contributed by atoms with van der Waals surface area (Å²) in [6.07, 6.45) is 1.95. The smallest absolute Gasteiger partial charge is 0.278 e. The van der Waals surface area contributed by atoms with Gasteiger partial charge in [-0.1, -0.05) is 17.3 Å². The zero-order chi connectivity index (χ0) is 18.1. The van der Waals surface area contributed by atoms with Crippen LogP contribution < -0.4 is 10.1 Å². The van der Waals surface area contributed by atoms with Crippen LogP contribution in [0.1, 0.15) is 34.9 Å². The second kappa shape index (κ2) is 6.59. The lowest BCUT2D eigenvalue weighted by Crippen LogP contribution is -2.16. The number of methoxy groups -OCH3 is 1. The largest absolute Gasteiger partial charge is 0.497 e. The first kappa shape index (κ1) is 16.3. The second-order valence-electron chi connectivity index (χ2n) is 6.14. The van der Waals surface area contributed by atoms with Gasteiger partial charge in [-0.05, 0) is 49.2 Å². The number of hydrogen-bond donors (Lipinski definition) is 1. The summed E-state index contributed by atoms with van der Waals surface area (Å²) < 4.78 is 20.7. The van der Waals surface area contributed by atoms with Crippen LogP contribution in [0, 0.1) is 5.82 Å². The van der Waals surface area contributed by atoms with E-state index in [1.165, 1.54) is 12.1 Å². The minimum atomic E-state index is -0.489. The molecule has 1 N–H and O–H groups in total. The summed E-state index contributed by atoms with van der Waals surface area (Å²) in [4.78, 5) is 12.7. The topological polar surface area (TPSA) is 69.0 Å². The van der Waals surface area contributed by atoms with E-state index in [4.69, 9.17) is 4.74 Å². The first-order chi connectivity index (χ1) is 12.7. The maximum atomic E-state index is 13.8. The quantitative estimate of drug-likeness (QED) is 0.762. The molecule has 132 valence electrons. The summed E-state index contributed by atoms with van der Waals surface area (Å²) in [5.41, 5.74) is 1.90. The fraction of sp³-hybridized carbons (Fsp3) is 0.211. The number of hydrogen-bond acceptors (Lipinski definition) is 4. The van der Waals surface area contributed by atoms with E-state index < -0.39 is 11.7 Å². The van der Waals surface area contributed by atoms with Crippen molar-refractivity contribution in [2.75, 3.05) is 12.4 Å². The number of aromatic nitrogens is 3. The number of para-hydroxylation sites is 1. The number of anilines is 1. The maximum Gasteiger partial charge on any atom is 0.278 e. The van der Waals surface area contributed by atoms with Gasteiger partial charge in [-0.2, -0.15) is 0 Å². The molecular formula is C19H17FN4O2. The Morgan fingerprint density at radius 2 is 1.92 bits per heavy atom. The predicted octanol–water partition coefficient (Wildman–Crippen LogP) is 3.54. The molecule has 0 aliphatic heterocycles. The lowest BCUT2D eigenvalue weighted by atomic mass is 10.2. The van der Waals surface area contributed by atoms with E-state index in [1.807, 2.05) is 24.3 Å². The molecule has 1 aliphatic carbocycles. The number of benzene rings is 2. The molecule has 1 fully saturated rings. The van der Waals surface area contributed by atoms with Gasteiger partial charge in [-0.25, -0.2) is 9.07 Å². The van der Waals surface area contributed by atoms with E-state index in [2.05, 4.69) is 15.6 Å². The van der Waals surface area contributed by atoms with Crippen molar-refractivity contribution in [1.82, 2.24) is 15.0 Å². The Kier molecular flexibility index (Phi) is 4.12. The standard InChI is InChI=1S/C19H17FN4O2/c1-26-14-10-8-13(9-11-14)24-18(12-6-7-12)17(22-23-24)19(25)21-16-5-3-2-4-15(16)20/h2-5,8-12H,6-7H2,1H3,(H,21,25). The second-order valence-corrected chi connectivity index (χ2v) is 6.14. The molecule has 1 aliphatic rings. The molecule has 4 rings (SSSR count). The summed E-state index contributed by atoms with van der Waals surface area (Å²) in [6.45, 7) is 0. The molecule has 0 saturated heterocycles. The van der Waals surface area contributed by atoms with E-state index in [9.17, 15) is 9.18 Å². The summed E-state index contributed by atoms with van der Waals surface area (Å²) >= 11 is 0. The van der Waals surface area contributed by atoms with Gasteiger partial charge in [-0.15, -0.1) is 5.10 Å². The molecule has 1 heterocycles. The van der Waals surface area contributed by atoms with Crippen LogP contribution in [-0.2, 0) is 0 Å². The van der Waals surface area contributed by atoms with Crippen LogP contribution in [0.2, 0.25) is 0 Å². The normalized spacial score (nSPS) is 13.5. The predicted molar refractivity (Wildman–Crippen MR) is 94.2 cm³/mol. The molecule has 6 nitrogen and oxygen atoms in total. The molecule has 1 aromatic heterocycles. The average molecular weight is 352 g/mol. The summed E-state index contributed by atoms with van der Waals surface area (Å²) in [7, 11) is 1.60. The number of carbonyl (C=O) groups excluding carboxylic acids is 1. The van der Waals surface area contributed by atoms with Gasteiger partial charge in [0.1, 0.15) is 11.6 Å². The molecule has 0 spiro atoms. The number of carbonyl (C=O) groups is 1. The monoisotopic (exact) mass is 352 g/mol. The van der Waals surface area contributed by atoms with Crippen LogP contribution in [0.4, 0.5) is 10.1 Å². The van der Waals surface area contributed by atoms with Crippen LogP contribution >= 0.6 is 0 Å². The molecule has 0 unspecified atom stereocenters. The molecule has 2 aromatic carbocycles. The summed E-state index contributed by atoms with van der Waals surface area (Å²) in [5.74, 6) is 0.0148. The van der Waals surface area contributed by atoms with Gasteiger partial charge in [0.25, 0.3) is 5.91 Å². The Hall–Kier alpha value is -3.22. The van der Waals surface area contributed by atoms with Crippen molar-refractivity contribution in [2.45, 2.75) is 18.8 Å². The Bertz CT molecular complexity index is 948. The van der Waals surface area contributed by atoms with Crippen LogP contribution in [0.3, 0.4) is 0 Å². The summed E-state index contributed by atoms with van der Waals surface area (Å²) in [6, 6.07) is 13.4. The molecule has 1 amide bonds. The van der Waals surface area contributed by atoms with Gasteiger partial charge in [0.15, 0.2) is 5.69 Å². The molecule has 0 radical (unpaired) electrons. The zero-order valence-electron chi connectivity index (χ0n) is 14.1. The van der Waals surface area contributed by atoms with Crippen molar-refractivity contribution in [3.05, 3.63) is 65.7 Å². The van der Waals surface area contributed by atoms with Gasteiger partial charge in [0.05, 0.1) is 24.2 Å². The summed E-state index contributed by atoms with van der Waals surface area (Å²) in [5, 5.41) is 10.8. The Labute approximate surface area is 149 Å². The molecular weight excluding hydrogens is 335 g/mol. The molecule has 0 bridgehead atoms. The number of amides is 1. The Morgan fingerprint density at radius 3 is 2.58 bits per heavy atom. The van der Waals surface area contributed by atoms with Gasteiger partial charge in [0, 0.05) is 5.92 Å². The van der Waals surface area contributed by atoms with E-state index >= 15 is 0 Å². The van der Waals surface area contributed by atoms with Gasteiger partial charge >= 0.3 is 0 Å². The van der Waals surface area contributed by atoms with Gasteiger partial charge in [-0.3, -0.25) is 4.79 Å². The minimum Gasteiger partial charge on any atom is -0.497 e. The number of ether oxygens (including phenoxy) is 1. The third-order valence-corrected chi connectivity index (χ3v) is 4.32. The van der Waals surface area contributed by atoms with Crippen LogP contribution in [0.5, 0.6) is 5.75 Å². The average Bonchev–Trinajstić information content (AvgIpc) is 3.41. The van der Waals surface area contributed by atoms with Crippen molar-refractivity contribution in [1.29, 1.82) is 0 Å². The van der Waals surface area contributed by atoms with Crippen LogP contribution in [-0.4, -0.2) is 28.0 Å². The highest BCUT2D eigenvalue weighted by Crippen LogP contribution is 2.42. The van der Waals surface area contributed by atoms with Gasteiger partial charge in [0.2, 0.25) is 0 Å². The van der Waals surface area contributed by atoms with Crippen LogP contribution in [0.15, 0.2) is 48.5 Å². The van der Waals surface area contributed by atoms with Crippen molar-refractivity contribution in [3.8, 4) is 11.4 Å². The Balaban J connectivity index is 1.67. The molecule has 3 aromatic rings. The van der Waals surface area contributed by atoms with E-state index in [1.54, 1.807) is 23.9 Å².